The molecule has 0 heterocycles. The fourth-order valence-corrected chi connectivity index (χ4v) is 2.94. The Labute approximate surface area is 132 Å². The van der Waals surface area contributed by atoms with E-state index in [-0.39, 0.29) is 6.04 Å². The van der Waals surface area contributed by atoms with Gasteiger partial charge in [-0.05, 0) is 42.8 Å². The second-order valence-electron chi connectivity index (χ2n) is 4.52. The zero-order chi connectivity index (χ0) is 14.4. The summed E-state index contributed by atoms with van der Waals surface area (Å²) in [6, 6.07) is 16.3. The van der Waals surface area contributed by atoms with Crippen LogP contribution in [0.5, 0.6) is 5.75 Å². The van der Waals surface area contributed by atoms with Crippen LogP contribution in [0.25, 0.3) is 0 Å². The average Bonchev–Trinajstić information content (AvgIpc) is 2.44. The van der Waals surface area contributed by atoms with Crippen molar-refractivity contribution in [3.05, 3.63) is 58.6 Å². The van der Waals surface area contributed by atoms with E-state index in [1.54, 1.807) is 11.8 Å². The first-order chi connectivity index (χ1) is 9.65. The molecule has 20 heavy (non-hydrogen) atoms. The summed E-state index contributed by atoms with van der Waals surface area (Å²) in [6.07, 6.45) is 0. The Morgan fingerprint density at radius 2 is 2.00 bits per heavy atom. The van der Waals surface area contributed by atoms with Gasteiger partial charge in [-0.15, -0.1) is 11.8 Å². The summed E-state index contributed by atoms with van der Waals surface area (Å²) in [5, 5.41) is 0. The molecular formula is C16H18BrNOS. The molecule has 0 aliphatic rings. The maximum atomic E-state index is 5.89. The molecule has 2 nitrogen and oxygen atoms in total. The van der Waals surface area contributed by atoms with Crippen LogP contribution < -0.4 is 10.5 Å². The number of halogens is 1. The molecule has 0 bridgehead atoms. The van der Waals surface area contributed by atoms with Crippen molar-refractivity contribution in [2.75, 3.05) is 12.4 Å². The van der Waals surface area contributed by atoms with Gasteiger partial charge in [0.25, 0.3) is 0 Å². The number of benzene rings is 2. The van der Waals surface area contributed by atoms with Gasteiger partial charge in [-0.3, -0.25) is 0 Å². The molecule has 0 aliphatic heterocycles. The SMILES string of the molecule is CC(N)c1cccc(SCCOc2cccc(Br)c2)c1. The lowest BCUT2D eigenvalue weighted by Gasteiger charge is -2.09. The van der Waals surface area contributed by atoms with Gasteiger partial charge in [0, 0.05) is 21.2 Å². The van der Waals surface area contributed by atoms with Gasteiger partial charge in [0.2, 0.25) is 0 Å². The molecule has 1 unspecified atom stereocenters. The third kappa shape index (κ3) is 4.85. The molecule has 0 aliphatic carbocycles. The molecule has 0 saturated heterocycles. The Morgan fingerprint density at radius 3 is 2.75 bits per heavy atom. The van der Waals surface area contributed by atoms with Crippen molar-refractivity contribution in [3.8, 4) is 5.75 Å². The maximum Gasteiger partial charge on any atom is 0.120 e. The zero-order valence-corrected chi connectivity index (χ0v) is 13.8. The molecular weight excluding hydrogens is 334 g/mol. The number of thioether (sulfide) groups is 1. The van der Waals surface area contributed by atoms with Crippen molar-refractivity contribution in [2.24, 2.45) is 5.73 Å². The molecule has 0 aromatic heterocycles. The number of ether oxygens (including phenoxy) is 1. The van der Waals surface area contributed by atoms with Gasteiger partial charge in [0.1, 0.15) is 5.75 Å². The summed E-state index contributed by atoms with van der Waals surface area (Å²) in [5.74, 6) is 1.80. The van der Waals surface area contributed by atoms with Crippen LogP contribution in [-0.4, -0.2) is 12.4 Å². The molecule has 2 aromatic carbocycles. The van der Waals surface area contributed by atoms with Crippen LogP contribution in [0.2, 0.25) is 0 Å². The monoisotopic (exact) mass is 351 g/mol. The van der Waals surface area contributed by atoms with Gasteiger partial charge in [-0.25, -0.2) is 0 Å². The Morgan fingerprint density at radius 1 is 1.20 bits per heavy atom. The number of hydrogen-bond acceptors (Lipinski definition) is 3. The summed E-state index contributed by atoms with van der Waals surface area (Å²) in [4.78, 5) is 1.23. The van der Waals surface area contributed by atoms with Crippen molar-refractivity contribution in [1.82, 2.24) is 0 Å². The second kappa shape index (κ2) is 7.72. The highest BCUT2D eigenvalue weighted by Crippen LogP contribution is 2.22. The van der Waals surface area contributed by atoms with E-state index in [2.05, 4.69) is 40.2 Å². The Bertz CT molecular complexity index is 560. The number of nitrogens with two attached hydrogens (primary N) is 1. The summed E-state index contributed by atoms with van der Waals surface area (Å²) in [6.45, 7) is 2.68. The molecule has 4 heteroatoms. The fourth-order valence-electron chi connectivity index (χ4n) is 1.76. The first kappa shape index (κ1) is 15.4. The van der Waals surface area contributed by atoms with Crippen molar-refractivity contribution < 1.29 is 4.74 Å². The first-order valence-corrected chi connectivity index (χ1v) is 8.30. The van der Waals surface area contributed by atoms with E-state index in [4.69, 9.17) is 10.5 Å². The van der Waals surface area contributed by atoms with E-state index in [9.17, 15) is 0 Å². The van der Waals surface area contributed by atoms with Crippen LogP contribution in [0.3, 0.4) is 0 Å². The van der Waals surface area contributed by atoms with Gasteiger partial charge in [-0.2, -0.15) is 0 Å². The Balaban J connectivity index is 1.80. The third-order valence-corrected chi connectivity index (χ3v) is 4.25. The second-order valence-corrected chi connectivity index (χ2v) is 6.60. The van der Waals surface area contributed by atoms with Crippen LogP contribution in [0.4, 0.5) is 0 Å². The fraction of sp³-hybridized carbons (Fsp3) is 0.250. The van der Waals surface area contributed by atoms with Crippen molar-refractivity contribution in [1.29, 1.82) is 0 Å². The van der Waals surface area contributed by atoms with E-state index in [0.29, 0.717) is 6.61 Å². The minimum absolute atomic E-state index is 0.0773. The lowest BCUT2D eigenvalue weighted by Crippen LogP contribution is -2.04. The molecule has 0 fully saturated rings. The number of hydrogen-bond donors (Lipinski definition) is 1. The normalized spacial score (nSPS) is 12.2. The minimum Gasteiger partial charge on any atom is -0.493 e. The lowest BCUT2D eigenvalue weighted by molar-refractivity contribution is 0.344. The quantitative estimate of drug-likeness (QED) is 0.608. The predicted molar refractivity (Wildman–Crippen MR) is 89.4 cm³/mol. The summed E-state index contributed by atoms with van der Waals surface area (Å²) < 4.78 is 6.75. The van der Waals surface area contributed by atoms with E-state index < -0.39 is 0 Å². The topological polar surface area (TPSA) is 35.2 Å². The molecule has 2 rings (SSSR count). The van der Waals surface area contributed by atoms with Gasteiger partial charge in [0.05, 0.1) is 6.61 Å². The molecule has 1 atom stereocenters. The minimum atomic E-state index is 0.0773. The largest absolute Gasteiger partial charge is 0.493 e. The average molecular weight is 352 g/mol. The van der Waals surface area contributed by atoms with Crippen molar-refractivity contribution in [3.63, 3.8) is 0 Å². The molecule has 0 amide bonds. The predicted octanol–water partition coefficient (Wildman–Crippen LogP) is 4.64. The summed E-state index contributed by atoms with van der Waals surface area (Å²) in [5.41, 5.74) is 7.06. The van der Waals surface area contributed by atoms with Crippen molar-refractivity contribution >= 4 is 27.7 Å². The summed E-state index contributed by atoms with van der Waals surface area (Å²) >= 11 is 5.22. The van der Waals surface area contributed by atoms with E-state index in [0.717, 1.165) is 16.0 Å². The molecule has 106 valence electrons. The molecule has 2 aromatic rings. The van der Waals surface area contributed by atoms with Crippen LogP contribution in [0.15, 0.2) is 57.9 Å². The Kier molecular flexibility index (Phi) is 5.95. The van der Waals surface area contributed by atoms with Crippen molar-refractivity contribution in [2.45, 2.75) is 17.9 Å². The first-order valence-electron chi connectivity index (χ1n) is 6.52. The van der Waals surface area contributed by atoms with Crippen LogP contribution in [0, 0.1) is 0 Å². The standard InChI is InChI=1S/C16H18BrNOS/c1-12(18)13-4-2-7-16(10-13)20-9-8-19-15-6-3-5-14(17)11-15/h2-7,10-12H,8-9,18H2,1H3. The zero-order valence-electron chi connectivity index (χ0n) is 11.4. The summed E-state index contributed by atoms with van der Waals surface area (Å²) in [7, 11) is 0. The molecule has 0 radical (unpaired) electrons. The van der Waals surface area contributed by atoms with Gasteiger partial charge in [0.15, 0.2) is 0 Å². The number of rotatable bonds is 6. The van der Waals surface area contributed by atoms with Crippen LogP contribution in [-0.2, 0) is 0 Å². The molecule has 0 saturated carbocycles. The van der Waals surface area contributed by atoms with Crippen LogP contribution in [0.1, 0.15) is 18.5 Å². The highest BCUT2D eigenvalue weighted by atomic mass is 79.9. The van der Waals surface area contributed by atoms with E-state index in [1.807, 2.05) is 31.2 Å². The lowest BCUT2D eigenvalue weighted by atomic mass is 10.1. The molecule has 0 spiro atoms. The van der Waals surface area contributed by atoms with Gasteiger partial charge < -0.3 is 10.5 Å². The van der Waals surface area contributed by atoms with E-state index >= 15 is 0 Å². The van der Waals surface area contributed by atoms with Crippen LogP contribution >= 0.6 is 27.7 Å². The highest BCUT2D eigenvalue weighted by Gasteiger charge is 2.01. The third-order valence-electron chi connectivity index (χ3n) is 2.80. The van der Waals surface area contributed by atoms with Gasteiger partial charge in [-0.1, -0.05) is 34.1 Å². The smallest absolute Gasteiger partial charge is 0.120 e. The maximum absolute atomic E-state index is 5.89. The van der Waals surface area contributed by atoms with Gasteiger partial charge >= 0.3 is 0 Å². The molecule has 2 N–H and O–H groups in total. The highest BCUT2D eigenvalue weighted by molar-refractivity contribution is 9.10. The Hall–Kier alpha value is -0.970. The van der Waals surface area contributed by atoms with E-state index in [1.165, 1.54) is 10.5 Å².